The monoisotopic (exact) mass is 449 g/mol. The van der Waals surface area contributed by atoms with Crippen LogP contribution in [0.4, 0.5) is 5.69 Å². The Morgan fingerprint density at radius 1 is 1.03 bits per heavy atom. The van der Waals surface area contributed by atoms with Gasteiger partial charge < -0.3 is 5.32 Å². The predicted octanol–water partition coefficient (Wildman–Crippen LogP) is 3.87. The molecule has 5 rings (SSSR count). The summed E-state index contributed by atoms with van der Waals surface area (Å²) in [5, 5.41) is 26.5. The minimum absolute atomic E-state index is 0.195. The van der Waals surface area contributed by atoms with Gasteiger partial charge in [-0.25, -0.2) is 14.6 Å². The fourth-order valence-electron chi connectivity index (χ4n) is 3.76. The first-order valence-corrected chi connectivity index (χ1v) is 11.1. The van der Waals surface area contributed by atoms with Crippen LogP contribution in [0.25, 0.3) is 22.5 Å². The number of nitrogens with one attached hydrogen (secondary N) is 1. The van der Waals surface area contributed by atoms with E-state index in [1.807, 2.05) is 30.5 Å². The lowest BCUT2D eigenvalue weighted by Gasteiger charge is -2.15. The van der Waals surface area contributed by atoms with Crippen LogP contribution in [-0.4, -0.2) is 40.8 Å². The minimum atomic E-state index is 0.195. The van der Waals surface area contributed by atoms with E-state index in [-0.39, 0.29) is 6.04 Å². The Balaban J connectivity index is 1.46. The lowest BCUT2D eigenvalue weighted by Crippen LogP contribution is -2.14. The van der Waals surface area contributed by atoms with Crippen LogP contribution in [0.5, 0.6) is 0 Å². The van der Waals surface area contributed by atoms with Crippen LogP contribution in [-0.2, 0) is 12.8 Å². The third-order valence-electron chi connectivity index (χ3n) is 5.37. The van der Waals surface area contributed by atoms with Crippen molar-refractivity contribution in [1.29, 1.82) is 5.26 Å². The Morgan fingerprint density at radius 3 is 2.68 bits per heavy atom. The van der Waals surface area contributed by atoms with Crippen LogP contribution in [0, 0.1) is 11.3 Å². The van der Waals surface area contributed by atoms with E-state index in [9.17, 15) is 0 Å². The standard InChI is InChI=1S/C25H23N9/c1-17(2)30-22-11-24(34-25-20(14-29-34)10-19(12-26)13-28-25)27-15-23(22)33-16-21(31-32-33)9-8-18-6-4-3-5-7-18/h3-7,10-11,13-17H,8-9H2,1-2H3,(H,27,30). The van der Waals surface area contributed by atoms with E-state index < -0.39 is 0 Å². The van der Waals surface area contributed by atoms with Gasteiger partial charge in [0.15, 0.2) is 11.5 Å². The largest absolute Gasteiger partial charge is 0.381 e. The van der Waals surface area contributed by atoms with E-state index in [1.165, 1.54) is 11.8 Å². The fourth-order valence-corrected chi connectivity index (χ4v) is 3.76. The number of aromatic nitrogens is 7. The minimum Gasteiger partial charge on any atom is -0.381 e. The number of benzene rings is 1. The molecule has 0 saturated carbocycles. The Labute approximate surface area is 196 Å². The second-order valence-corrected chi connectivity index (χ2v) is 8.30. The number of nitriles is 1. The first-order valence-electron chi connectivity index (χ1n) is 11.1. The van der Waals surface area contributed by atoms with Crippen molar-refractivity contribution in [1.82, 2.24) is 34.7 Å². The van der Waals surface area contributed by atoms with Gasteiger partial charge in [0, 0.05) is 23.7 Å². The van der Waals surface area contributed by atoms with Gasteiger partial charge in [-0.1, -0.05) is 35.5 Å². The van der Waals surface area contributed by atoms with Crippen molar-refractivity contribution in [2.75, 3.05) is 5.32 Å². The molecule has 0 unspecified atom stereocenters. The molecule has 0 atom stereocenters. The highest BCUT2D eigenvalue weighted by Gasteiger charge is 2.14. The summed E-state index contributed by atoms with van der Waals surface area (Å²) in [7, 11) is 0. The fraction of sp³-hybridized carbons (Fsp3) is 0.200. The highest BCUT2D eigenvalue weighted by Crippen LogP contribution is 2.24. The molecule has 34 heavy (non-hydrogen) atoms. The van der Waals surface area contributed by atoms with Crippen molar-refractivity contribution in [2.24, 2.45) is 0 Å². The van der Waals surface area contributed by atoms with E-state index in [0.29, 0.717) is 17.0 Å². The summed E-state index contributed by atoms with van der Waals surface area (Å²) in [5.74, 6) is 0.614. The molecular formula is C25H23N9. The molecule has 0 fully saturated rings. The molecule has 0 spiro atoms. The highest BCUT2D eigenvalue weighted by atomic mass is 15.4. The number of hydrogen-bond acceptors (Lipinski definition) is 7. The smallest absolute Gasteiger partial charge is 0.164 e. The zero-order valence-electron chi connectivity index (χ0n) is 18.9. The average molecular weight is 450 g/mol. The van der Waals surface area contributed by atoms with Crippen molar-refractivity contribution < 1.29 is 0 Å². The molecule has 0 saturated heterocycles. The normalized spacial score (nSPS) is 11.1. The van der Waals surface area contributed by atoms with Crippen molar-refractivity contribution in [3.63, 3.8) is 0 Å². The molecule has 1 N–H and O–H groups in total. The van der Waals surface area contributed by atoms with E-state index in [0.717, 1.165) is 35.3 Å². The molecule has 9 nitrogen and oxygen atoms in total. The molecule has 4 aromatic heterocycles. The van der Waals surface area contributed by atoms with Crippen LogP contribution in [0.3, 0.4) is 0 Å². The lowest BCUT2D eigenvalue weighted by atomic mass is 10.1. The van der Waals surface area contributed by atoms with Gasteiger partial charge in [-0.2, -0.15) is 15.0 Å². The summed E-state index contributed by atoms with van der Waals surface area (Å²) in [4.78, 5) is 9.03. The summed E-state index contributed by atoms with van der Waals surface area (Å²) >= 11 is 0. The Morgan fingerprint density at radius 2 is 1.88 bits per heavy atom. The summed E-state index contributed by atoms with van der Waals surface area (Å²) in [5.41, 5.74) is 4.97. The predicted molar refractivity (Wildman–Crippen MR) is 129 cm³/mol. The first-order chi connectivity index (χ1) is 16.6. The van der Waals surface area contributed by atoms with Gasteiger partial charge in [0.05, 0.1) is 35.5 Å². The second-order valence-electron chi connectivity index (χ2n) is 8.30. The van der Waals surface area contributed by atoms with Gasteiger partial charge in [0.1, 0.15) is 11.8 Å². The summed E-state index contributed by atoms with van der Waals surface area (Å²) in [6, 6.07) is 16.3. The molecule has 1 aromatic carbocycles. The van der Waals surface area contributed by atoms with Gasteiger partial charge >= 0.3 is 0 Å². The first kappa shape index (κ1) is 21.3. The van der Waals surface area contributed by atoms with Crippen LogP contribution in [0.1, 0.15) is 30.7 Å². The van der Waals surface area contributed by atoms with Gasteiger partial charge in [-0.05, 0) is 38.3 Å². The van der Waals surface area contributed by atoms with E-state index in [1.54, 1.807) is 27.8 Å². The third-order valence-corrected chi connectivity index (χ3v) is 5.37. The van der Waals surface area contributed by atoms with Crippen LogP contribution in [0.2, 0.25) is 0 Å². The van der Waals surface area contributed by atoms with Crippen LogP contribution < -0.4 is 5.32 Å². The summed E-state index contributed by atoms with van der Waals surface area (Å²) in [6.07, 6.45) is 8.63. The van der Waals surface area contributed by atoms with Gasteiger partial charge in [0.25, 0.3) is 0 Å². The molecule has 0 amide bonds. The SMILES string of the molecule is CC(C)Nc1cc(-n2ncc3cc(C#N)cnc32)ncc1-n1cc(CCc2ccccc2)nn1. The zero-order valence-corrected chi connectivity index (χ0v) is 18.9. The number of aryl methyl sites for hydroxylation is 2. The van der Waals surface area contributed by atoms with E-state index in [4.69, 9.17) is 5.26 Å². The second kappa shape index (κ2) is 9.11. The number of fused-ring (bicyclic) bond motifs is 1. The number of hydrogen-bond donors (Lipinski definition) is 1. The molecule has 0 bridgehead atoms. The Kier molecular flexibility index (Phi) is 5.70. The van der Waals surface area contributed by atoms with Crippen molar-refractivity contribution in [3.05, 3.63) is 84.1 Å². The van der Waals surface area contributed by atoms with Gasteiger partial charge in [0.2, 0.25) is 0 Å². The number of rotatable bonds is 7. The third kappa shape index (κ3) is 4.34. The summed E-state index contributed by atoms with van der Waals surface area (Å²) in [6.45, 7) is 4.15. The maximum absolute atomic E-state index is 9.12. The molecule has 168 valence electrons. The molecular weight excluding hydrogens is 426 g/mol. The lowest BCUT2D eigenvalue weighted by molar-refractivity contribution is 0.783. The van der Waals surface area contributed by atoms with Crippen molar-refractivity contribution >= 4 is 16.7 Å². The molecule has 9 heteroatoms. The van der Waals surface area contributed by atoms with Crippen LogP contribution >= 0.6 is 0 Å². The topological polar surface area (TPSA) is 110 Å². The Bertz CT molecular complexity index is 1480. The van der Waals surface area contributed by atoms with Gasteiger partial charge in [-0.3, -0.25) is 0 Å². The number of anilines is 1. The number of pyridine rings is 2. The molecule has 0 aliphatic heterocycles. The Hall–Kier alpha value is -4.58. The average Bonchev–Trinajstić information content (AvgIpc) is 3.50. The molecule has 5 aromatic rings. The molecule has 0 aliphatic rings. The highest BCUT2D eigenvalue weighted by molar-refractivity contribution is 5.77. The number of nitrogens with zero attached hydrogens (tertiary/aromatic N) is 8. The quantitative estimate of drug-likeness (QED) is 0.401. The van der Waals surface area contributed by atoms with Crippen LogP contribution in [0.15, 0.2) is 67.3 Å². The maximum Gasteiger partial charge on any atom is 0.164 e. The maximum atomic E-state index is 9.12. The zero-order chi connectivity index (χ0) is 23.5. The van der Waals surface area contributed by atoms with Gasteiger partial charge in [-0.15, -0.1) is 5.10 Å². The van der Waals surface area contributed by atoms with E-state index >= 15 is 0 Å². The van der Waals surface area contributed by atoms with E-state index in [2.05, 4.69) is 62.7 Å². The van der Waals surface area contributed by atoms with Crippen molar-refractivity contribution in [3.8, 4) is 17.6 Å². The summed E-state index contributed by atoms with van der Waals surface area (Å²) < 4.78 is 3.42. The molecule has 0 radical (unpaired) electrons. The molecule has 0 aliphatic carbocycles. The molecule has 4 heterocycles. The van der Waals surface area contributed by atoms with Crippen molar-refractivity contribution in [2.45, 2.75) is 32.7 Å².